The van der Waals surface area contributed by atoms with Gasteiger partial charge in [0.15, 0.2) is 6.10 Å². The maximum absolute atomic E-state index is 11.5. The highest BCUT2D eigenvalue weighted by molar-refractivity contribution is 5.89. The number of aliphatic hydroxyl groups is 3. The first-order valence-electron chi connectivity index (χ1n) is 5.10. The van der Waals surface area contributed by atoms with Gasteiger partial charge in [-0.05, 0) is 0 Å². The van der Waals surface area contributed by atoms with Gasteiger partial charge in [-0.25, -0.2) is 0 Å². The number of ketones is 1. The van der Waals surface area contributed by atoms with Crippen LogP contribution in [-0.4, -0.2) is 64.6 Å². The highest BCUT2D eigenvalue weighted by Gasteiger charge is 2.34. The van der Waals surface area contributed by atoms with E-state index < -0.39 is 49.2 Å². The van der Waals surface area contributed by atoms with Crippen molar-refractivity contribution in [3.05, 3.63) is 0 Å². The van der Waals surface area contributed by atoms with E-state index in [4.69, 9.17) is 10.2 Å². The predicted octanol–water partition coefficient (Wildman–Crippen LogP) is -2.24. The Morgan fingerprint density at radius 3 is 2.06 bits per heavy atom. The second-order valence-corrected chi connectivity index (χ2v) is 3.50. The summed E-state index contributed by atoms with van der Waals surface area (Å²) in [7, 11) is 0. The van der Waals surface area contributed by atoms with Gasteiger partial charge >= 0.3 is 11.9 Å². The molecule has 0 amide bonds. The molecule has 3 atom stereocenters. The van der Waals surface area contributed by atoms with E-state index in [2.05, 4.69) is 9.47 Å². The number of aliphatic hydroxyl groups excluding tert-OH is 3. The van der Waals surface area contributed by atoms with Gasteiger partial charge in [-0.2, -0.15) is 0 Å². The second kappa shape index (κ2) is 7.75. The smallest absolute Gasteiger partial charge is 0.303 e. The van der Waals surface area contributed by atoms with E-state index >= 15 is 0 Å². The standard InChI is InChI=1S/C10H16O8/c1-5(12)17-4-8(15)10(18-6(2)13)9(16)7(14)3-11/h7-8,10-11,14-15H,3-4H2,1-2H3/t7-,8+,10+/m0/s1. The number of rotatable bonds is 7. The van der Waals surface area contributed by atoms with Gasteiger partial charge in [-0.1, -0.05) is 0 Å². The van der Waals surface area contributed by atoms with Crippen LogP contribution in [0.25, 0.3) is 0 Å². The second-order valence-electron chi connectivity index (χ2n) is 3.50. The van der Waals surface area contributed by atoms with Crippen LogP contribution in [0.4, 0.5) is 0 Å². The number of carbonyl (C=O) groups excluding carboxylic acids is 3. The molecule has 0 aromatic rings. The topological polar surface area (TPSA) is 130 Å². The Kier molecular flexibility index (Phi) is 7.10. The van der Waals surface area contributed by atoms with Gasteiger partial charge in [0, 0.05) is 13.8 Å². The lowest BCUT2D eigenvalue weighted by Crippen LogP contribution is -2.46. The van der Waals surface area contributed by atoms with E-state index in [1.54, 1.807) is 0 Å². The van der Waals surface area contributed by atoms with E-state index in [-0.39, 0.29) is 0 Å². The van der Waals surface area contributed by atoms with Gasteiger partial charge in [-0.15, -0.1) is 0 Å². The Morgan fingerprint density at radius 1 is 1.11 bits per heavy atom. The maximum atomic E-state index is 11.5. The summed E-state index contributed by atoms with van der Waals surface area (Å²) in [5.41, 5.74) is 0. The molecule has 8 nitrogen and oxygen atoms in total. The first kappa shape index (κ1) is 16.5. The van der Waals surface area contributed by atoms with Gasteiger partial charge < -0.3 is 24.8 Å². The van der Waals surface area contributed by atoms with Crippen LogP contribution in [0.5, 0.6) is 0 Å². The fourth-order valence-electron chi connectivity index (χ4n) is 1.07. The van der Waals surface area contributed by atoms with Crippen molar-refractivity contribution in [2.45, 2.75) is 32.2 Å². The van der Waals surface area contributed by atoms with Crippen molar-refractivity contribution in [2.24, 2.45) is 0 Å². The molecule has 0 aromatic carbocycles. The van der Waals surface area contributed by atoms with E-state index in [0.717, 1.165) is 13.8 Å². The minimum Gasteiger partial charge on any atom is -0.463 e. The van der Waals surface area contributed by atoms with Crippen LogP contribution < -0.4 is 0 Å². The number of esters is 2. The molecule has 0 saturated carbocycles. The molecule has 0 saturated heterocycles. The zero-order valence-electron chi connectivity index (χ0n) is 10.0. The van der Waals surface area contributed by atoms with Gasteiger partial charge in [0.25, 0.3) is 0 Å². The monoisotopic (exact) mass is 264 g/mol. The summed E-state index contributed by atoms with van der Waals surface area (Å²) >= 11 is 0. The highest BCUT2D eigenvalue weighted by atomic mass is 16.6. The number of carbonyl (C=O) groups is 3. The van der Waals surface area contributed by atoms with Crippen molar-refractivity contribution in [1.82, 2.24) is 0 Å². The summed E-state index contributed by atoms with van der Waals surface area (Å²) in [6.45, 7) is 0.649. The number of hydrogen-bond donors (Lipinski definition) is 3. The third kappa shape index (κ3) is 5.71. The van der Waals surface area contributed by atoms with E-state index in [1.165, 1.54) is 0 Å². The van der Waals surface area contributed by atoms with Crippen LogP contribution >= 0.6 is 0 Å². The molecule has 104 valence electrons. The van der Waals surface area contributed by atoms with Crippen LogP contribution in [0.1, 0.15) is 13.8 Å². The molecule has 0 radical (unpaired) electrons. The first-order chi connectivity index (χ1) is 8.29. The molecule has 0 aliphatic heterocycles. The van der Waals surface area contributed by atoms with Crippen molar-refractivity contribution in [3.63, 3.8) is 0 Å². The molecule has 0 spiro atoms. The van der Waals surface area contributed by atoms with Crippen molar-refractivity contribution < 1.29 is 39.2 Å². The lowest BCUT2D eigenvalue weighted by atomic mass is 10.1. The van der Waals surface area contributed by atoms with Crippen LogP contribution in [0.15, 0.2) is 0 Å². The molecule has 0 rings (SSSR count). The predicted molar refractivity (Wildman–Crippen MR) is 56.3 cm³/mol. The zero-order chi connectivity index (χ0) is 14.3. The molecule has 0 aromatic heterocycles. The molecule has 18 heavy (non-hydrogen) atoms. The molecular formula is C10H16O8. The average molecular weight is 264 g/mol. The normalized spacial score (nSPS) is 15.4. The molecule has 0 bridgehead atoms. The molecule has 3 N–H and O–H groups in total. The first-order valence-corrected chi connectivity index (χ1v) is 5.10. The van der Waals surface area contributed by atoms with Crippen LogP contribution in [0.2, 0.25) is 0 Å². The molecule has 0 aliphatic rings. The van der Waals surface area contributed by atoms with Crippen LogP contribution in [0, 0.1) is 0 Å². The third-order valence-corrected chi connectivity index (χ3v) is 1.88. The molecule has 0 heterocycles. The number of ether oxygens (including phenoxy) is 2. The molecular weight excluding hydrogens is 248 g/mol. The lowest BCUT2D eigenvalue weighted by molar-refractivity contribution is -0.169. The Morgan fingerprint density at radius 2 is 1.67 bits per heavy atom. The quantitative estimate of drug-likeness (QED) is 0.440. The Labute approximate surface area is 103 Å². The van der Waals surface area contributed by atoms with Crippen LogP contribution in [-0.2, 0) is 23.9 Å². The fourth-order valence-corrected chi connectivity index (χ4v) is 1.07. The minimum absolute atomic E-state index is 0.572. The fraction of sp³-hybridized carbons (Fsp3) is 0.700. The summed E-state index contributed by atoms with van der Waals surface area (Å²) in [4.78, 5) is 32.8. The summed E-state index contributed by atoms with van der Waals surface area (Å²) in [5.74, 6) is -2.63. The van der Waals surface area contributed by atoms with Crippen molar-refractivity contribution in [2.75, 3.05) is 13.2 Å². The molecule has 0 unspecified atom stereocenters. The molecule has 8 heteroatoms. The van der Waals surface area contributed by atoms with Gasteiger partial charge in [0.2, 0.25) is 5.78 Å². The van der Waals surface area contributed by atoms with Crippen molar-refractivity contribution in [1.29, 1.82) is 0 Å². The molecule has 0 fully saturated rings. The van der Waals surface area contributed by atoms with E-state index in [0.29, 0.717) is 0 Å². The summed E-state index contributed by atoms with van der Waals surface area (Å²) in [6, 6.07) is 0. The van der Waals surface area contributed by atoms with Crippen molar-refractivity contribution >= 4 is 17.7 Å². The zero-order valence-corrected chi connectivity index (χ0v) is 10.0. The van der Waals surface area contributed by atoms with Crippen LogP contribution in [0.3, 0.4) is 0 Å². The van der Waals surface area contributed by atoms with E-state index in [1.807, 2.05) is 0 Å². The largest absolute Gasteiger partial charge is 0.463 e. The average Bonchev–Trinajstić information content (AvgIpc) is 2.30. The van der Waals surface area contributed by atoms with Gasteiger partial charge in [0.1, 0.15) is 18.8 Å². The Hall–Kier alpha value is -1.51. The third-order valence-electron chi connectivity index (χ3n) is 1.88. The van der Waals surface area contributed by atoms with E-state index in [9.17, 15) is 19.5 Å². The number of Topliss-reactive ketones (excluding diaryl/α,β-unsaturated/α-hetero) is 1. The Balaban J connectivity index is 4.70. The summed E-state index contributed by atoms with van der Waals surface area (Å²) < 4.78 is 8.98. The van der Waals surface area contributed by atoms with Crippen molar-refractivity contribution in [3.8, 4) is 0 Å². The highest BCUT2D eigenvalue weighted by Crippen LogP contribution is 2.06. The van der Waals surface area contributed by atoms with Gasteiger partial charge in [0.05, 0.1) is 6.61 Å². The summed E-state index contributed by atoms with van der Waals surface area (Å²) in [6.07, 6.45) is -5.11. The number of hydrogen-bond acceptors (Lipinski definition) is 8. The maximum Gasteiger partial charge on any atom is 0.303 e. The Bertz CT molecular complexity index is 313. The lowest BCUT2D eigenvalue weighted by Gasteiger charge is -2.22. The summed E-state index contributed by atoms with van der Waals surface area (Å²) in [5, 5.41) is 27.3. The molecule has 0 aliphatic carbocycles. The minimum atomic E-state index is -1.79. The van der Waals surface area contributed by atoms with Gasteiger partial charge in [-0.3, -0.25) is 14.4 Å². The SMILES string of the molecule is CC(=O)OC[C@@H](O)[C@@H](OC(C)=O)C(=O)[C@@H](O)CO.